The summed E-state index contributed by atoms with van der Waals surface area (Å²) in [6.07, 6.45) is 2.91. The van der Waals surface area contributed by atoms with E-state index < -0.39 is 0 Å². The first-order chi connectivity index (χ1) is 14.0. The zero-order valence-corrected chi connectivity index (χ0v) is 18.7. The Labute approximate surface area is 176 Å². The lowest BCUT2D eigenvalue weighted by molar-refractivity contribution is 0.318. The van der Waals surface area contributed by atoms with Crippen LogP contribution in [0.3, 0.4) is 0 Å². The van der Waals surface area contributed by atoms with Crippen LogP contribution >= 0.6 is 0 Å². The summed E-state index contributed by atoms with van der Waals surface area (Å²) in [6.45, 7) is 11.8. The van der Waals surface area contributed by atoms with Crippen LogP contribution in [0.5, 0.6) is 0 Å². The van der Waals surface area contributed by atoms with Crippen molar-refractivity contribution >= 4 is 16.7 Å². The molecule has 3 rings (SSSR count). The van der Waals surface area contributed by atoms with Gasteiger partial charge in [0.25, 0.3) is 0 Å². The molecule has 0 radical (unpaired) electrons. The summed E-state index contributed by atoms with van der Waals surface area (Å²) >= 11 is 0. The third kappa shape index (κ3) is 10.2. The van der Waals surface area contributed by atoms with Crippen LogP contribution in [0.15, 0.2) is 65.3 Å². The van der Waals surface area contributed by atoms with E-state index in [0.717, 1.165) is 31.6 Å². The van der Waals surface area contributed by atoms with Crippen molar-refractivity contribution in [2.24, 2.45) is 5.92 Å². The van der Waals surface area contributed by atoms with Gasteiger partial charge in [0, 0.05) is 30.8 Å². The highest BCUT2D eigenvalue weighted by molar-refractivity contribution is 5.81. The Morgan fingerprint density at radius 3 is 2.31 bits per heavy atom. The Hall–Kier alpha value is -2.30. The van der Waals surface area contributed by atoms with Gasteiger partial charge in [0.1, 0.15) is 5.58 Å². The van der Waals surface area contributed by atoms with Crippen molar-refractivity contribution < 1.29 is 9.52 Å². The van der Waals surface area contributed by atoms with Gasteiger partial charge in [0.2, 0.25) is 0 Å². The Morgan fingerprint density at radius 2 is 1.76 bits per heavy atom. The molecule has 1 aromatic heterocycles. The van der Waals surface area contributed by atoms with Crippen molar-refractivity contribution in [2.45, 2.75) is 34.1 Å². The van der Waals surface area contributed by atoms with E-state index in [1.807, 2.05) is 31.3 Å². The van der Waals surface area contributed by atoms with Gasteiger partial charge in [-0.1, -0.05) is 49.7 Å². The molecule has 0 saturated heterocycles. The summed E-state index contributed by atoms with van der Waals surface area (Å²) < 4.78 is 5.40. The largest absolute Gasteiger partial charge is 0.464 e. The number of furan rings is 1. The van der Waals surface area contributed by atoms with Crippen LogP contribution in [0.25, 0.3) is 11.0 Å². The molecule has 3 aromatic rings. The summed E-state index contributed by atoms with van der Waals surface area (Å²) in [6, 6.07) is 18.7. The average molecular weight is 399 g/mol. The standard InChI is InChI=1S/C16H24N2O.C7H8.C2H6O/c1-13(2)12-18(9-4-8-17-3)15-5-6-16-14(11-15)7-10-19-16;1-7-5-3-2-4-6-7;1-2-3/h5-7,10-11,13,17H,4,8-9,12H2,1-3H3;2-6H,1H3;3H,2H2,1H3. The van der Waals surface area contributed by atoms with Crippen molar-refractivity contribution in [1.82, 2.24) is 5.32 Å². The summed E-state index contributed by atoms with van der Waals surface area (Å²) in [5.74, 6) is 0.662. The molecule has 4 nitrogen and oxygen atoms in total. The van der Waals surface area contributed by atoms with Gasteiger partial charge >= 0.3 is 0 Å². The van der Waals surface area contributed by atoms with E-state index >= 15 is 0 Å². The predicted molar refractivity (Wildman–Crippen MR) is 126 cm³/mol. The third-order valence-corrected chi connectivity index (χ3v) is 4.18. The van der Waals surface area contributed by atoms with E-state index in [1.165, 1.54) is 16.6 Å². The quantitative estimate of drug-likeness (QED) is 0.516. The number of rotatable bonds is 7. The van der Waals surface area contributed by atoms with Crippen LogP contribution in [-0.2, 0) is 0 Å². The van der Waals surface area contributed by atoms with Crippen LogP contribution in [0.1, 0.15) is 32.8 Å². The molecule has 0 amide bonds. The van der Waals surface area contributed by atoms with Gasteiger partial charge in [-0.3, -0.25) is 0 Å². The summed E-state index contributed by atoms with van der Waals surface area (Å²) in [5, 5.41) is 12.0. The summed E-state index contributed by atoms with van der Waals surface area (Å²) in [4.78, 5) is 2.47. The maximum Gasteiger partial charge on any atom is 0.133 e. The van der Waals surface area contributed by atoms with Crippen molar-refractivity contribution in [2.75, 3.05) is 38.2 Å². The molecule has 0 aliphatic rings. The Kier molecular flexibility index (Phi) is 12.5. The molecule has 2 N–H and O–H groups in total. The molecule has 2 aromatic carbocycles. The van der Waals surface area contributed by atoms with Crippen LogP contribution in [0.2, 0.25) is 0 Å². The lowest BCUT2D eigenvalue weighted by Crippen LogP contribution is -2.30. The van der Waals surface area contributed by atoms with Crippen molar-refractivity contribution in [1.29, 1.82) is 0 Å². The monoisotopic (exact) mass is 398 g/mol. The molecule has 1 heterocycles. The number of benzene rings is 2. The highest BCUT2D eigenvalue weighted by Crippen LogP contribution is 2.23. The van der Waals surface area contributed by atoms with E-state index in [1.54, 1.807) is 13.2 Å². The molecule has 160 valence electrons. The minimum Gasteiger partial charge on any atom is -0.464 e. The van der Waals surface area contributed by atoms with Crippen molar-refractivity contribution in [3.8, 4) is 0 Å². The topological polar surface area (TPSA) is 48.6 Å². The Morgan fingerprint density at radius 1 is 1.07 bits per heavy atom. The average Bonchev–Trinajstić information content (AvgIpc) is 3.17. The number of nitrogens with zero attached hydrogens (tertiary/aromatic N) is 1. The SMILES string of the molecule is CCO.CNCCCN(CC(C)C)c1ccc2occc2c1.Cc1ccccc1. The van der Waals surface area contributed by atoms with Gasteiger partial charge in [-0.2, -0.15) is 0 Å². The molecule has 29 heavy (non-hydrogen) atoms. The van der Waals surface area contributed by atoms with E-state index in [0.29, 0.717) is 5.92 Å². The molecule has 0 aliphatic carbocycles. The van der Waals surface area contributed by atoms with E-state index in [2.05, 4.69) is 61.3 Å². The molecule has 4 heteroatoms. The fourth-order valence-corrected chi connectivity index (χ4v) is 2.90. The number of hydrogen-bond acceptors (Lipinski definition) is 4. The van der Waals surface area contributed by atoms with Gasteiger partial charge in [0.15, 0.2) is 0 Å². The number of aliphatic hydroxyl groups is 1. The van der Waals surface area contributed by atoms with E-state index in [9.17, 15) is 0 Å². The molecule has 0 atom stereocenters. The van der Waals surface area contributed by atoms with Gasteiger partial charge in [-0.25, -0.2) is 0 Å². The van der Waals surface area contributed by atoms with Crippen molar-refractivity contribution in [3.05, 3.63) is 66.4 Å². The second kappa shape index (κ2) is 14.7. The number of anilines is 1. The Balaban J connectivity index is 0.000000347. The highest BCUT2D eigenvalue weighted by atomic mass is 16.3. The molecule has 0 saturated carbocycles. The minimum absolute atomic E-state index is 0.250. The number of nitrogens with one attached hydrogen (secondary N) is 1. The smallest absolute Gasteiger partial charge is 0.133 e. The van der Waals surface area contributed by atoms with Gasteiger partial charge in [0.05, 0.1) is 6.26 Å². The third-order valence-electron chi connectivity index (χ3n) is 4.18. The molecule has 0 fully saturated rings. The van der Waals surface area contributed by atoms with E-state index in [4.69, 9.17) is 9.52 Å². The predicted octanol–water partition coefficient (Wildman–Crippen LogP) is 5.50. The lowest BCUT2D eigenvalue weighted by Gasteiger charge is -2.27. The number of aliphatic hydroxyl groups excluding tert-OH is 1. The summed E-state index contributed by atoms with van der Waals surface area (Å²) in [5.41, 5.74) is 3.57. The molecule has 0 bridgehead atoms. The minimum atomic E-state index is 0.250. The number of fused-ring (bicyclic) bond motifs is 1. The van der Waals surface area contributed by atoms with Crippen LogP contribution in [-0.4, -0.2) is 38.4 Å². The van der Waals surface area contributed by atoms with Gasteiger partial charge in [-0.15, -0.1) is 0 Å². The zero-order chi connectivity index (χ0) is 21.5. The fraction of sp³-hybridized carbons (Fsp3) is 0.440. The Bertz CT molecular complexity index is 769. The molecule has 0 unspecified atom stereocenters. The maximum atomic E-state index is 7.57. The van der Waals surface area contributed by atoms with Crippen LogP contribution in [0.4, 0.5) is 5.69 Å². The molecule has 0 aliphatic heterocycles. The first-order valence-electron chi connectivity index (χ1n) is 10.5. The summed E-state index contributed by atoms with van der Waals surface area (Å²) in [7, 11) is 2.00. The second-order valence-electron chi connectivity index (χ2n) is 7.41. The van der Waals surface area contributed by atoms with Crippen LogP contribution in [0, 0.1) is 12.8 Å². The van der Waals surface area contributed by atoms with Crippen LogP contribution < -0.4 is 10.2 Å². The number of hydrogen-bond donors (Lipinski definition) is 2. The first-order valence-corrected chi connectivity index (χ1v) is 10.5. The maximum absolute atomic E-state index is 7.57. The van der Waals surface area contributed by atoms with E-state index in [-0.39, 0.29) is 6.61 Å². The molecule has 0 spiro atoms. The zero-order valence-electron chi connectivity index (χ0n) is 18.7. The van der Waals surface area contributed by atoms with Crippen molar-refractivity contribution in [3.63, 3.8) is 0 Å². The molecular formula is C25H38N2O2. The first kappa shape index (κ1) is 24.7. The normalized spacial score (nSPS) is 10.2. The van der Waals surface area contributed by atoms with Gasteiger partial charge in [-0.05, 0) is 64.0 Å². The van der Waals surface area contributed by atoms with Gasteiger partial charge < -0.3 is 19.7 Å². The lowest BCUT2D eigenvalue weighted by atomic mass is 10.1. The number of aryl methyl sites for hydroxylation is 1. The second-order valence-corrected chi connectivity index (χ2v) is 7.41. The molecular weight excluding hydrogens is 360 g/mol. The fourth-order valence-electron chi connectivity index (χ4n) is 2.90. The highest BCUT2D eigenvalue weighted by Gasteiger charge is 2.09.